The topological polar surface area (TPSA) is 66.4 Å². The first-order valence-corrected chi connectivity index (χ1v) is 7.33. The van der Waals surface area contributed by atoms with Crippen molar-refractivity contribution in [1.29, 1.82) is 0 Å². The first-order valence-electron chi connectivity index (χ1n) is 6.95. The second-order valence-corrected chi connectivity index (χ2v) is 5.47. The molecule has 2 rings (SSSR count). The summed E-state index contributed by atoms with van der Waals surface area (Å²) in [5, 5.41) is 12.1. The van der Waals surface area contributed by atoms with Crippen LogP contribution in [0.3, 0.4) is 0 Å². The number of hydrogen-bond donors (Lipinski definition) is 2. The number of carboxylic acids is 1. The van der Waals surface area contributed by atoms with Crippen molar-refractivity contribution in [2.24, 2.45) is 0 Å². The summed E-state index contributed by atoms with van der Waals surface area (Å²) in [4.78, 5) is 23.3. The van der Waals surface area contributed by atoms with Gasteiger partial charge in [0.25, 0.3) is 0 Å². The lowest BCUT2D eigenvalue weighted by atomic mass is 10.1. The van der Waals surface area contributed by atoms with E-state index in [2.05, 4.69) is 5.32 Å². The fourth-order valence-electron chi connectivity index (χ4n) is 2.16. The van der Waals surface area contributed by atoms with Gasteiger partial charge in [-0.15, -0.1) is 0 Å². The van der Waals surface area contributed by atoms with Crippen LogP contribution in [0.5, 0.6) is 0 Å². The summed E-state index contributed by atoms with van der Waals surface area (Å²) in [5.41, 5.74) is 1.11. The minimum atomic E-state index is -1.16. The highest BCUT2D eigenvalue weighted by Crippen LogP contribution is 2.17. The molecule has 0 bridgehead atoms. The molecule has 0 saturated carbocycles. The van der Waals surface area contributed by atoms with E-state index in [9.17, 15) is 19.1 Å². The first-order chi connectivity index (χ1) is 11.0. The maximum absolute atomic E-state index is 13.1. The smallest absolute Gasteiger partial charge is 0.326 e. The summed E-state index contributed by atoms with van der Waals surface area (Å²) in [5.74, 6) is -2.09. The van der Waals surface area contributed by atoms with Crippen LogP contribution in [0.2, 0.25) is 5.02 Å². The van der Waals surface area contributed by atoms with Crippen molar-refractivity contribution in [3.05, 3.63) is 70.5 Å². The summed E-state index contributed by atoms with van der Waals surface area (Å²) in [6, 6.07) is 11.4. The Morgan fingerprint density at radius 3 is 2.57 bits per heavy atom. The monoisotopic (exact) mass is 335 g/mol. The third-order valence-electron chi connectivity index (χ3n) is 3.27. The minimum absolute atomic E-state index is 0.0733. The van der Waals surface area contributed by atoms with Gasteiger partial charge < -0.3 is 10.4 Å². The molecule has 23 heavy (non-hydrogen) atoms. The third-order valence-corrected chi connectivity index (χ3v) is 3.64. The molecule has 0 aliphatic rings. The molecule has 0 fully saturated rings. The lowest BCUT2D eigenvalue weighted by molar-refractivity contribution is -0.141. The summed E-state index contributed by atoms with van der Waals surface area (Å²) >= 11 is 6.01. The van der Waals surface area contributed by atoms with Gasteiger partial charge in [0.2, 0.25) is 5.91 Å². The number of carboxylic acid groups (broad SMARTS) is 1. The largest absolute Gasteiger partial charge is 0.480 e. The van der Waals surface area contributed by atoms with E-state index in [4.69, 9.17) is 11.6 Å². The lowest BCUT2D eigenvalue weighted by Crippen LogP contribution is -2.43. The number of carbonyl (C=O) groups excluding carboxylic acids is 1. The van der Waals surface area contributed by atoms with E-state index in [1.54, 1.807) is 30.3 Å². The molecule has 0 aliphatic heterocycles. The number of amides is 1. The molecule has 4 nitrogen and oxygen atoms in total. The van der Waals surface area contributed by atoms with Crippen LogP contribution >= 0.6 is 11.6 Å². The zero-order valence-electron chi connectivity index (χ0n) is 12.1. The van der Waals surface area contributed by atoms with Gasteiger partial charge in [0.1, 0.15) is 11.9 Å². The van der Waals surface area contributed by atoms with Gasteiger partial charge in [0, 0.05) is 11.4 Å². The van der Waals surface area contributed by atoms with Gasteiger partial charge in [-0.2, -0.15) is 0 Å². The summed E-state index contributed by atoms with van der Waals surface area (Å²) in [6.45, 7) is 0. The van der Waals surface area contributed by atoms with Crippen molar-refractivity contribution in [2.45, 2.75) is 18.9 Å². The van der Waals surface area contributed by atoms with Crippen molar-refractivity contribution in [1.82, 2.24) is 5.32 Å². The fourth-order valence-corrected chi connectivity index (χ4v) is 2.37. The van der Waals surface area contributed by atoms with Crippen LogP contribution < -0.4 is 5.32 Å². The molecule has 0 aliphatic carbocycles. The first kappa shape index (κ1) is 17.0. The van der Waals surface area contributed by atoms with E-state index in [0.717, 1.165) is 0 Å². The summed E-state index contributed by atoms with van der Waals surface area (Å²) < 4.78 is 13.1. The maximum Gasteiger partial charge on any atom is 0.326 e. The average molecular weight is 336 g/mol. The van der Waals surface area contributed by atoms with Gasteiger partial charge in [-0.1, -0.05) is 41.9 Å². The van der Waals surface area contributed by atoms with Gasteiger partial charge in [-0.25, -0.2) is 9.18 Å². The van der Waals surface area contributed by atoms with Crippen molar-refractivity contribution in [3.63, 3.8) is 0 Å². The third kappa shape index (κ3) is 5.07. The Kier molecular flexibility index (Phi) is 5.71. The SMILES string of the molecule is O=C(Cc1cccc(F)c1)N[C@@H](Cc1ccccc1Cl)C(=O)O. The Balaban J connectivity index is 2.03. The Morgan fingerprint density at radius 1 is 1.17 bits per heavy atom. The van der Waals surface area contributed by atoms with E-state index >= 15 is 0 Å². The molecule has 2 aromatic carbocycles. The molecule has 120 valence electrons. The molecule has 0 radical (unpaired) electrons. The van der Waals surface area contributed by atoms with Crippen LogP contribution in [0.15, 0.2) is 48.5 Å². The normalized spacial score (nSPS) is 11.7. The molecule has 0 heterocycles. The van der Waals surface area contributed by atoms with Crippen LogP contribution in [-0.4, -0.2) is 23.0 Å². The van der Waals surface area contributed by atoms with Gasteiger partial charge in [0.05, 0.1) is 6.42 Å². The second kappa shape index (κ2) is 7.74. The highest BCUT2D eigenvalue weighted by molar-refractivity contribution is 6.31. The van der Waals surface area contributed by atoms with Crippen LogP contribution in [-0.2, 0) is 22.4 Å². The van der Waals surface area contributed by atoms with E-state index < -0.39 is 23.7 Å². The highest BCUT2D eigenvalue weighted by atomic mass is 35.5. The van der Waals surface area contributed by atoms with Crippen molar-refractivity contribution in [3.8, 4) is 0 Å². The summed E-state index contributed by atoms with van der Waals surface area (Å²) in [7, 11) is 0. The quantitative estimate of drug-likeness (QED) is 0.853. The molecule has 0 aromatic heterocycles. The van der Waals surface area contributed by atoms with Crippen LogP contribution in [0, 0.1) is 5.82 Å². The van der Waals surface area contributed by atoms with Crippen LogP contribution in [0.25, 0.3) is 0 Å². The molecule has 0 unspecified atom stereocenters. The Morgan fingerprint density at radius 2 is 1.91 bits per heavy atom. The van der Waals surface area contributed by atoms with Gasteiger partial charge in [-0.3, -0.25) is 4.79 Å². The zero-order chi connectivity index (χ0) is 16.8. The zero-order valence-corrected chi connectivity index (χ0v) is 12.9. The highest BCUT2D eigenvalue weighted by Gasteiger charge is 2.21. The number of halogens is 2. The van der Waals surface area contributed by atoms with E-state index in [1.807, 2.05) is 0 Å². The van der Waals surface area contributed by atoms with Crippen molar-refractivity contribution < 1.29 is 19.1 Å². The Hall–Kier alpha value is -2.40. The van der Waals surface area contributed by atoms with Crippen molar-refractivity contribution >= 4 is 23.5 Å². The van der Waals surface area contributed by atoms with Gasteiger partial charge >= 0.3 is 5.97 Å². The standard InChI is InChI=1S/C17H15ClFNO3/c18-14-7-2-1-5-12(14)10-15(17(22)23)20-16(21)9-11-4-3-6-13(19)8-11/h1-8,15H,9-10H2,(H,20,21)(H,22,23)/t15-/m0/s1. The molecule has 1 atom stereocenters. The molecular weight excluding hydrogens is 321 g/mol. The molecule has 2 N–H and O–H groups in total. The number of aliphatic carboxylic acids is 1. The predicted molar refractivity (Wildman–Crippen MR) is 84.8 cm³/mol. The van der Waals surface area contributed by atoms with Crippen LogP contribution in [0.4, 0.5) is 4.39 Å². The average Bonchev–Trinajstić information content (AvgIpc) is 2.48. The van der Waals surface area contributed by atoms with Crippen LogP contribution in [0.1, 0.15) is 11.1 Å². The second-order valence-electron chi connectivity index (χ2n) is 5.06. The van der Waals surface area contributed by atoms with Gasteiger partial charge in [0.15, 0.2) is 0 Å². The molecule has 6 heteroatoms. The molecule has 0 saturated heterocycles. The predicted octanol–water partition coefficient (Wildman–Crippen LogP) is 2.83. The number of nitrogens with one attached hydrogen (secondary N) is 1. The van der Waals surface area contributed by atoms with Crippen molar-refractivity contribution in [2.75, 3.05) is 0 Å². The molecule has 1 amide bonds. The summed E-state index contributed by atoms with van der Waals surface area (Å²) in [6.07, 6.45) is -0.0199. The number of benzene rings is 2. The number of carbonyl (C=O) groups is 2. The molecule has 2 aromatic rings. The van der Waals surface area contributed by atoms with E-state index in [0.29, 0.717) is 16.1 Å². The molecular formula is C17H15ClFNO3. The Bertz CT molecular complexity index is 720. The Labute approximate surface area is 137 Å². The number of hydrogen-bond acceptors (Lipinski definition) is 2. The molecule has 0 spiro atoms. The minimum Gasteiger partial charge on any atom is -0.480 e. The fraction of sp³-hybridized carbons (Fsp3) is 0.176. The van der Waals surface area contributed by atoms with E-state index in [1.165, 1.54) is 18.2 Å². The lowest BCUT2D eigenvalue weighted by Gasteiger charge is -2.15. The van der Waals surface area contributed by atoms with Gasteiger partial charge in [-0.05, 0) is 29.3 Å². The maximum atomic E-state index is 13.1. The van der Waals surface area contributed by atoms with E-state index in [-0.39, 0.29) is 12.8 Å². The number of rotatable bonds is 6.